The van der Waals surface area contributed by atoms with Crippen molar-refractivity contribution >= 4 is 69.2 Å². The summed E-state index contributed by atoms with van der Waals surface area (Å²) in [6.45, 7) is 8.29. The van der Waals surface area contributed by atoms with E-state index in [9.17, 15) is 18.0 Å². The largest absolute Gasteiger partial charge is 0.455 e. The zero-order valence-electron chi connectivity index (χ0n) is 34.2. The number of alkyl halides is 3. The zero-order chi connectivity index (χ0) is 42.9. The fourth-order valence-corrected chi connectivity index (χ4v) is 9.34. The third kappa shape index (κ3) is 12.4. The summed E-state index contributed by atoms with van der Waals surface area (Å²) in [5.41, 5.74) is 1.95. The van der Waals surface area contributed by atoms with Gasteiger partial charge in [-0.05, 0) is 135 Å². The molecular formula is C45H51ClF3N7O3S2. The van der Waals surface area contributed by atoms with Crippen molar-refractivity contribution in [2.75, 3.05) is 76.2 Å². The summed E-state index contributed by atoms with van der Waals surface area (Å²) >= 11 is 6.95. The van der Waals surface area contributed by atoms with Crippen LogP contribution >= 0.6 is 35.3 Å². The van der Waals surface area contributed by atoms with Crippen LogP contribution in [0.25, 0.3) is 16.6 Å². The number of amides is 1. The van der Waals surface area contributed by atoms with Gasteiger partial charge in [0.05, 0.1) is 18.4 Å². The highest BCUT2D eigenvalue weighted by Crippen LogP contribution is 2.42. The van der Waals surface area contributed by atoms with Gasteiger partial charge in [0.15, 0.2) is 0 Å². The molecule has 1 fully saturated rings. The molecule has 1 atom stereocenters. The Morgan fingerprint density at radius 1 is 1.05 bits per heavy atom. The molecule has 4 N–H and O–H groups in total. The molecule has 7 rings (SSSR count). The van der Waals surface area contributed by atoms with Gasteiger partial charge in [0.1, 0.15) is 17.1 Å². The number of nitrogens with one attached hydrogen (secondary N) is 3. The molecule has 0 spiro atoms. The minimum Gasteiger partial charge on any atom is -0.455 e. The summed E-state index contributed by atoms with van der Waals surface area (Å²) in [6, 6.07) is 22.2. The van der Waals surface area contributed by atoms with Gasteiger partial charge in [-0.1, -0.05) is 36.2 Å². The highest BCUT2D eigenvalue weighted by molar-refractivity contribution is 8.00. The molecule has 2 aliphatic rings. The van der Waals surface area contributed by atoms with Crippen LogP contribution in [0.1, 0.15) is 48.5 Å². The normalized spacial score (nSPS) is 16.4. The van der Waals surface area contributed by atoms with Crippen LogP contribution in [-0.4, -0.2) is 102 Å². The summed E-state index contributed by atoms with van der Waals surface area (Å²) in [5.74, 6) is 0.978. The number of pyridine rings is 1. The van der Waals surface area contributed by atoms with E-state index in [1.165, 1.54) is 29.2 Å². The minimum absolute atomic E-state index is 0.00334. The number of likely N-dealkylation sites (N-methyl/N-ethyl adjacent to an activating group) is 1. The summed E-state index contributed by atoms with van der Waals surface area (Å²) < 4.78 is 50.1. The first-order valence-electron chi connectivity index (χ1n) is 20.5. The van der Waals surface area contributed by atoms with Crippen molar-refractivity contribution in [2.24, 2.45) is 5.92 Å². The summed E-state index contributed by atoms with van der Waals surface area (Å²) in [6.07, 6.45) is 7.41. The number of halogens is 4. The van der Waals surface area contributed by atoms with Crippen molar-refractivity contribution in [2.45, 2.75) is 47.9 Å². The number of aliphatic hydroxyl groups is 1. The number of aliphatic hydroxyl groups excluding tert-OH is 1. The molecule has 3 aromatic carbocycles. The van der Waals surface area contributed by atoms with Gasteiger partial charge >= 0.3 is 5.51 Å². The van der Waals surface area contributed by atoms with Crippen LogP contribution in [0.5, 0.6) is 11.5 Å². The Balaban J connectivity index is 1.05. The third-order valence-electron chi connectivity index (χ3n) is 11.0. The lowest BCUT2D eigenvalue weighted by Crippen LogP contribution is -2.47. The lowest BCUT2D eigenvalue weighted by molar-refractivity contribution is -0.0328. The number of thioether (sulfide) groups is 1. The molecule has 3 heterocycles. The number of carbonyl (C=O) groups excluding carboxylic acids is 1. The van der Waals surface area contributed by atoms with E-state index < -0.39 is 11.4 Å². The molecule has 324 valence electrons. The lowest BCUT2D eigenvalue weighted by Gasteiger charge is -2.38. The Bertz CT molecular complexity index is 2300. The van der Waals surface area contributed by atoms with E-state index in [1.54, 1.807) is 30.6 Å². The second-order valence-corrected chi connectivity index (χ2v) is 18.0. The lowest BCUT2D eigenvalue weighted by atomic mass is 9.82. The van der Waals surface area contributed by atoms with Gasteiger partial charge in [0.25, 0.3) is 5.91 Å². The molecule has 1 saturated heterocycles. The smallest absolute Gasteiger partial charge is 0.446 e. The SMILES string of the molecule is CC1CCC(c2ccc(Cl)cc2)=C(CN2CCN(c3ccc(C(=O)NSc4ccc(NCCCN(C)CCO)c(SC(F)(F)F)c4)c(Oc4cnc5[nH]ccc5c4)c3)CC2)C1. The molecule has 1 amide bonds. The maximum Gasteiger partial charge on any atom is 0.446 e. The number of aromatic amines is 1. The molecular weight excluding hydrogens is 843 g/mol. The quantitative estimate of drug-likeness (QED) is 0.0409. The monoisotopic (exact) mass is 893 g/mol. The van der Waals surface area contributed by atoms with Gasteiger partial charge in [-0.3, -0.25) is 14.4 Å². The van der Waals surface area contributed by atoms with Gasteiger partial charge in [0.2, 0.25) is 0 Å². The van der Waals surface area contributed by atoms with Crippen molar-refractivity contribution in [3.8, 4) is 11.5 Å². The van der Waals surface area contributed by atoms with Gasteiger partial charge in [-0.15, -0.1) is 0 Å². The maximum absolute atomic E-state index is 13.9. The third-order valence-corrected chi connectivity index (χ3v) is 12.8. The van der Waals surface area contributed by atoms with Crippen LogP contribution in [-0.2, 0) is 0 Å². The molecule has 16 heteroatoms. The second kappa shape index (κ2) is 20.7. The van der Waals surface area contributed by atoms with Gasteiger partial charge < -0.3 is 29.9 Å². The number of aromatic nitrogens is 2. The van der Waals surface area contributed by atoms with E-state index in [0.717, 1.165) is 73.6 Å². The van der Waals surface area contributed by atoms with Crippen LogP contribution in [0, 0.1) is 5.92 Å². The van der Waals surface area contributed by atoms with Crippen LogP contribution < -0.4 is 19.7 Å². The van der Waals surface area contributed by atoms with E-state index in [2.05, 4.69) is 48.9 Å². The molecule has 1 aliphatic heterocycles. The highest BCUT2D eigenvalue weighted by Gasteiger charge is 2.31. The average Bonchev–Trinajstić information content (AvgIpc) is 3.71. The van der Waals surface area contributed by atoms with Gasteiger partial charge in [0, 0.05) is 89.7 Å². The number of ether oxygens (including phenoxy) is 1. The zero-order valence-corrected chi connectivity index (χ0v) is 36.6. The number of fused-ring (bicyclic) bond motifs is 1. The Morgan fingerprint density at radius 2 is 1.85 bits per heavy atom. The number of piperazine rings is 1. The van der Waals surface area contributed by atoms with Crippen molar-refractivity contribution in [1.82, 2.24) is 24.5 Å². The van der Waals surface area contributed by atoms with Crippen LogP contribution in [0.15, 0.2) is 101 Å². The molecule has 5 aromatic rings. The van der Waals surface area contributed by atoms with E-state index in [-0.39, 0.29) is 28.8 Å². The Labute approximate surface area is 368 Å². The molecule has 0 saturated carbocycles. The number of anilines is 2. The van der Waals surface area contributed by atoms with Crippen LogP contribution in [0.4, 0.5) is 24.5 Å². The second-order valence-electron chi connectivity index (χ2n) is 15.6. The van der Waals surface area contributed by atoms with E-state index >= 15 is 0 Å². The predicted octanol–water partition coefficient (Wildman–Crippen LogP) is 10.2. The number of rotatable bonds is 17. The average molecular weight is 895 g/mol. The van der Waals surface area contributed by atoms with Crippen molar-refractivity contribution in [3.05, 3.63) is 107 Å². The summed E-state index contributed by atoms with van der Waals surface area (Å²) in [5, 5.41) is 13.8. The number of benzene rings is 3. The Kier molecular flexibility index (Phi) is 15.1. The number of allylic oxidation sites excluding steroid dienone is 1. The van der Waals surface area contributed by atoms with Crippen molar-refractivity contribution in [1.29, 1.82) is 0 Å². The van der Waals surface area contributed by atoms with E-state index in [1.807, 2.05) is 48.3 Å². The maximum atomic E-state index is 13.9. The van der Waals surface area contributed by atoms with Crippen LogP contribution in [0.3, 0.4) is 0 Å². The Morgan fingerprint density at radius 3 is 2.62 bits per heavy atom. The molecule has 61 heavy (non-hydrogen) atoms. The molecule has 0 bridgehead atoms. The number of carbonyl (C=O) groups is 1. The first kappa shape index (κ1) is 44.7. The standard InChI is InChI=1S/C45H51ClF3N7O3S2/c1-30-4-11-38(31-5-7-34(46)8-6-31)33(24-30)29-55-18-20-56(21-19-55)35-9-12-39(41(26-35)59-36-25-32-14-16-51-43(32)52-28-36)44(58)53-61-37-10-13-40(42(27-37)60-45(47,48)49)50-15-3-17-54(2)22-23-57/h5-10,12-14,16,25-28,30,50,57H,3-4,11,15,17-24,29H2,1-2H3,(H,51,52)(H,53,58). The fraction of sp³-hybridized carbons (Fsp3) is 0.378. The summed E-state index contributed by atoms with van der Waals surface area (Å²) in [4.78, 5) is 28.6. The highest BCUT2D eigenvalue weighted by atomic mass is 35.5. The molecule has 1 unspecified atom stereocenters. The molecule has 2 aromatic heterocycles. The van der Waals surface area contributed by atoms with Crippen molar-refractivity contribution < 1.29 is 27.8 Å². The first-order valence-corrected chi connectivity index (χ1v) is 22.5. The predicted molar refractivity (Wildman–Crippen MR) is 242 cm³/mol. The molecule has 1 aliphatic carbocycles. The summed E-state index contributed by atoms with van der Waals surface area (Å²) in [7, 11) is 1.88. The fourth-order valence-electron chi connectivity index (χ4n) is 7.83. The van der Waals surface area contributed by atoms with Crippen molar-refractivity contribution in [3.63, 3.8) is 0 Å². The number of hydrogen-bond acceptors (Lipinski definition) is 10. The topological polar surface area (TPSA) is 109 Å². The van der Waals surface area contributed by atoms with E-state index in [4.69, 9.17) is 21.4 Å². The minimum atomic E-state index is -4.50. The first-order chi connectivity index (χ1) is 29.4. The Hall–Kier alpha value is -4.38. The van der Waals surface area contributed by atoms with E-state index in [0.29, 0.717) is 59.7 Å². The van der Waals surface area contributed by atoms with Gasteiger partial charge in [-0.2, -0.15) is 13.2 Å². The van der Waals surface area contributed by atoms with Gasteiger partial charge in [-0.25, -0.2) is 4.98 Å². The number of nitrogens with zero attached hydrogens (tertiary/aromatic N) is 4. The number of H-pyrrole nitrogens is 1. The van der Waals surface area contributed by atoms with Crippen LogP contribution in [0.2, 0.25) is 5.02 Å². The molecule has 0 radical (unpaired) electrons. The molecule has 10 nitrogen and oxygen atoms in total. The number of hydrogen-bond donors (Lipinski definition) is 4.